The van der Waals surface area contributed by atoms with Crippen LogP contribution in [0.25, 0.3) is 0 Å². The second kappa shape index (κ2) is 16.0. The van der Waals surface area contributed by atoms with E-state index < -0.39 is 0 Å². The lowest BCUT2D eigenvalue weighted by atomic mass is 10.2. The number of rotatable bonds is 8. The van der Waals surface area contributed by atoms with Crippen molar-refractivity contribution < 1.29 is 9.63 Å². The highest BCUT2D eigenvalue weighted by atomic mass is 16.6. The van der Waals surface area contributed by atoms with Crippen LogP contribution in [-0.2, 0) is 9.63 Å². The van der Waals surface area contributed by atoms with E-state index in [0.29, 0.717) is 18.9 Å². The molecule has 5 nitrogen and oxygen atoms in total. The van der Waals surface area contributed by atoms with Gasteiger partial charge in [-0.05, 0) is 27.2 Å². The van der Waals surface area contributed by atoms with Crippen LogP contribution in [0.1, 0.15) is 40.5 Å². The Labute approximate surface area is 128 Å². The third-order valence-corrected chi connectivity index (χ3v) is 2.08. The Morgan fingerprint density at radius 3 is 2.48 bits per heavy atom. The van der Waals surface area contributed by atoms with Gasteiger partial charge in [-0.3, -0.25) is 4.79 Å². The molecule has 0 aliphatic heterocycles. The van der Waals surface area contributed by atoms with Crippen molar-refractivity contribution in [3.63, 3.8) is 0 Å². The summed E-state index contributed by atoms with van der Waals surface area (Å²) in [6.45, 7) is 12.5. The Hall–Kier alpha value is -2.04. The number of hydrogen-bond acceptors (Lipinski definition) is 3. The van der Waals surface area contributed by atoms with Gasteiger partial charge in [0.1, 0.15) is 6.61 Å². The fraction of sp³-hybridized carbons (Fsp3) is 0.500. The first-order valence-corrected chi connectivity index (χ1v) is 7.25. The molecular weight excluding hydrogens is 266 g/mol. The van der Waals surface area contributed by atoms with Gasteiger partial charge in [-0.15, -0.1) is 0 Å². The summed E-state index contributed by atoms with van der Waals surface area (Å²) in [7, 11) is 0. The summed E-state index contributed by atoms with van der Waals surface area (Å²) in [6, 6.07) is 0. The molecule has 120 valence electrons. The Balaban J connectivity index is 0. The van der Waals surface area contributed by atoms with E-state index in [0.717, 1.165) is 18.5 Å². The molecule has 3 N–H and O–H groups in total. The summed E-state index contributed by atoms with van der Waals surface area (Å²) in [5, 5.41) is 6.41. The van der Waals surface area contributed by atoms with Crippen molar-refractivity contribution in [3.05, 3.63) is 36.5 Å². The topological polar surface area (TPSA) is 76.7 Å². The predicted octanol–water partition coefficient (Wildman–Crippen LogP) is 2.91. The minimum Gasteiger partial charge on any atom is -0.394 e. The second-order valence-electron chi connectivity index (χ2n) is 3.96. The zero-order valence-corrected chi connectivity index (χ0v) is 13.7. The molecular formula is C16H29N3O2. The molecule has 0 heterocycles. The predicted molar refractivity (Wildman–Crippen MR) is 89.9 cm³/mol. The van der Waals surface area contributed by atoms with E-state index in [9.17, 15) is 4.79 Å². The Bertz CT molecular complexity index is 364. The number of oxime groups is 1. The maximum atomic E-state index is 10.5. The van der Waals surface area contributed by atoms with Gasteiger partial charge in [0.25, 0.3) is 0 Å². The van der Waals surface area contributed by atoms with Gasteiger partial charge in [-0.25, -0.2) is 0 Å². The minimum atomic E-state index is 0.162. The van der Waals surface area contributed by atoms with Crippen LogP contribution in [0.15, 0.2) is 41.6 Å². The van der Waals surface area contributed by atoms with E-state index in [4.69, 9.17) is 10.6 Å². The maximum Gasteiger partial charge on any atom is 0.219 e. The lowest BCUT2D eigenvalue weighted by Crippen LogP contribution is -2.21. The Morgan fingerprint density at radius 2 is 2.05 bits per heavy atom. The van der Waals surface area contributed by atoms with E-state index in [1.165, 1.54) is 0 Å². The highest BCUT2D eigenvalue weighted by molar-refractivity contribution is 5.99. The lowest BCUT2D eigenvalue weighted by molar-refractivity contribution is -0.121. The second-order valence-corrected chi connectivity index (χ2v) is 3.96. The summed E-state index contributed by atoms with van der Waals surface area (Å²) in [5.41, 5.74) is 6.43. The number of hydrogen-bond donors (Lipinski definition) is 2. The molecule has 0 aliphatic carbocycles. The summed E-state index contributed by atoms with van der Waals surface area (Å²) >= 11 is 0. The molecule has 0 bridgehead atoms. The summed E-state index contributed by atoms with van der Waals surface area (Å²) in [6.07, 6.45) is 8.75. The molecule has 0 aromatic heterocycles. The number of nitrogens with one attached hydrogen (secondary N) is 1. The zero-order chi connectivity index (χ0) is 16.5. The van der Waals surface area contributed by atoms with Crippen LogP contribution in [0.5, 0.6) is 0 Å². The van der Waals surface area contributed by atoms with Crippen molar-refractivity contribution in [1.82, 2.24) is 5.32 Å². The van der Waals surface area contributed by atoms with Crippen LogP contribution in [-0.4, -0.2) is 24.9 Å². The Morgan fingerprint density at radius 1 is 1.38 bits per heavy atom. The van der Waals surface area contributed by atoms with Crippen molar-refractivity contribution in [3.8, 4) is 0 Å². The molecule has 0 aromatic rings. The molecule has 0 atom stereocenters. The third kappa shape index (κ3) is 14.2. The molecule has 0 unspecified atom stereocenters. The molecule has 0 saturated heterocycles. The SMILES string of the molecule is C=C/C=C(\C=C/C)C(/N)=N/OCC.CCCC(=O)NCC. The standard InChI is InChI=1S/C10H16N2O.C6H13NO/c1-4-7-9(8-5-2)10(11)12-13-6-3;1-3-5-6(8)7-4-2/h4-5,7-8H,1,6H2,2-3H3,(H2,11,12);3-5H2,1-2H3,(H,7,8)/b8-5-,9-7+;. The van der Waals surface area contributed by atoms with E-state index in [1.807, 2.05) is 39.8 Å². The molecule has 21 heavy (non-hydrogen) atoms. The minimum absolute atomic E-state index is 0.162. The van der Waals surface area contributed by atoms with Gasteiger partial charge in [-0.1, -0.05) is 43.0 Å². The van der Waals surface area contributed by atoms with E-state index in [-0.39, 0.29) is 5.91 Å². The molecule has 0 saturated carbocycles. The van der Waals surface area contributed by atoms with Crippen molar-refractivity contribution in [2.24, 2.45) is 10.9 Å². The number of amides is 1. The molecule has 0 radical (unpaired) electrons. The molecule has 1 amide bonds. The number of nitrogens with zero attached hydrogens (tertiary/aromatic N) is 1. The van der Waals surface area contributed by atoms with Gasteiger partial charge in [0.05, 0.1) is 0 Å². The number of carbonyl (C=O) groups excluding carboxylic acids is 1. The monoisotopic (exact) mass is 295 g/mol. The highest BCUT2D eigenvalue weighted by Gasteiger charge is 1.96. The van der Waals surface area contributed by atoms with E-state index in [2.05, 4.69) is 17.1 Å². The third-order valence-electron chi connectivity index (χ3n) is 2.08. The van der Waals surface area contributed by atoms with Gasteiger partial charge < -0.3 is 15.9 Å². The fourth-order valence-electron chi connectivity index (χ4n) is 1.23. The van der Waals surface area contributed by atoms with E-state index >= 15 is 0 Å². The van der Waals surface area contributed by atoms with Crippen LogP contribution in [0.4, 0.5) is 0 Å². The number of carbonyl (C=O) groups is 1. The number of allylic oxidation sites excluding steroid dienone is 3. The highest BCUT2D eigenvalue weighted by Crippen LogP contribution is 1.98. The molecule has 5 heteroatoms. The first kappa shape index (κ1) is 21.3. The smallest absolute Gasteiger partial charge is 0.219 e. The van der Waals surface area contributed by atoms with Crippen LogP contribution >= 0.6 is 0 Å². The molecule has 0 aliphatic rings. The lowest BCUT2D eigenvalue weighted by Gasteiger charge is -1.99. The van der Waals surface area contributed by atoms with Crippen molar-refractivity contribution >= 4 is 11.7 Å². The van der Waals surface area contributed by atoms with Gasteiger partial charge in [0.2, 0.25) is 5.91 Å². The zero-order valence-electron chi connectivity index (χ0n) is 13.7. The number of nitrogens with two attached hydrogens (primary N) is 1. The van der Waals surface area contributed by atoms with Crippen LogP contribution in [0.3, 0.4) is 0 Å². The first-order chi connectivity index (χ1) is 10.1. The van der Waals surface area contributed by atoms with Crippen molar-refractivity contribution in [2.75, 3.05) is 13.2 Å². The van der Waals surface area contributed by atoms with Crippen molar-refractivity contribution in [2.45, 2.75) is 40.5 Å². The summed E-state index contributed by atoms with van der Waals surface area (Å²) in [5.74, 6) is 0.523. The summed E-state index contributed by atoms with van der Waals surface area (Å²) in [4.78, 5) is 15.4. The maximum absolute atomic E-state index is 10.5. The van der Waals surface area contributed by atoms with Gasteiger partial charge in [0, 0.05) is 18.5 Å². The quantitative estimate of drug-likeness (QED) is 0.313. The van der Waals surface area contributed by atoms with Crippen LogP contribution in [0.2, 0.25) is 0 Å². The summed E-state index contributed by atoms with van der Waals surface area (Å²) < 4.78 is 0. The molecule has 0 spiro atoms. The largest absolute Gasteiger partial charge is 0.394 e. The van der Waals surface area contributed by atoms with Crippen molar-refractivity contribution in [1.29, 1.82) is 0 Å². The van der Waals surface area contributed by atoms with Gasteiger partial charge >= 0.3 is 0 Å². The average molecular weight is 295 g/mol. The Kier molecular flexibility index (Phi) is 16.2. The molecule has 0 fully saturated rings. The molecule has 0 rings (SSSR count). The number of amidine groups is 1. The van der Waals surface area contributed by atoms with E-state index in [1.54, 1.807) is 12.2 Å². The first-order valence-electron chi connectivity index (χ1n) is 7.25. The van der Waals surface area contributed by atoms with Crippen LogP contribution < -0.4 is 11.1 Å². The van der Waals surface area contributed by atoms with Gasteiger partial charge in [-0.2, -0.15) is 0 Å². The normalized spacial score (nSPS) is 11.6. The molecule has 0 aromatic carbocycles. The average Bonchev–Trinajstić information content (AvgIpc) is 2.46. The van der Waals surface area contributed by atoms with Gasteiger partial charge in [0.15, 0.2) is 5.84 Å². The van der Waals surface area contributed by atoms with Crippen LogP contribution in [0, 0.1) is 0 Å². The fourth-order valence-corrected chi connectivity index (χ4v) is 1.23.